The van der Waals surface area contributed by atoms with E-state index in [0.717, 1.165) is 6.29 Å². The van der Waals surface area contributed by atoms with Crippen molar-refractivity contribution in [2.24, 2.45) is 0 Å². The molecular formula is C10H10ClFO. The predicted octanol–water partition coefficient (Wildman–Crippen LogP) is 3.17. The molecule has 1 nitrogen and oxygen atoms in total. The summed E-state index contributed by atoms with van der Waals surface area (Å²) in [5.74, 6) is -0.421. The van der Waals surface area contributed by atoms with Crippen LogP contribution in [0.1, 0.15) is 24.8 Å². The lowest BCUT2D eigenvalue weighted by Gasteiger charge is -2.09. The molecule has 1 aromatic carbocycles. The van der Waals surface area contributed by atoms with E-state index in [1.165, 1.54) is 12.1 Å². The zero-order valence-electron chi connectivity index (χ0n) is 7.26. The Bertz CT molecular complexity index is 312. The molecular weight excluding hydrogens is 191 g/mol. The molecule has 0 N–H and O–H groups in total. The maximum Gasteiger partial charge on any atom is 0.126 e. The topological polar surface area (TPSA) is 17.1 Å². The molecule has 70 valence electrons. The average molecular weight is 201 g/mol. The van der Waals surface area contributed by atoms with E-state index in [4.69, 9.17) is 11.6 Å². The van der Waals surface area contributed by atoms with Crippen molar-refractivity contribution in [2.45, 2.75) is 19.3 Å². The summed E-state index contributed by atoms with van der Waals surface area (Å²) in [7, 11) is 0. The van der Waals surface area contributed by atoms with Gasteiger partial charge in [-0.2, -0.15) is 0 Å². The van der Waals surface area contributed by atoms with E-state index in [1.54, 1.807) is 13.0 Å². The fourth-order valence-electron chi connectivity index (χ4n) is 1.16. The normalized spacial score (nSPS) is 12.5. The summed E-state index contributed by atoms with van der Waals surface area (Å²) in [4.78, 5) is 10.2. The molecule has 1 unspecified atom stereocenters. The number of hydrogen-bond acceptors (Lipinski definition) is 1. The van der Waals surface area contributed by atoms with Crippen LogP contribution in [0.2, 0.25) is 5.02 Å². The standard InChI is InChI=1S/C10H10ClFO/c1-7(4-5-13)9-6-8(11)2-3-10(9)12/h2-3,5-7H,4H2,1H3. The lowest BCUT2D eigenvalue weighted by atomic mass is 9.98. The molecule has 0 saturated heterocycles. The average Bonchev–Trinajstić information content (AvgIpc) is 2.09. The lowest BCUT2D eigenvalue weighted by Crippen LogP contribution is -1.97. The van der Waals surface area contributed by atoms with Gasteiger partial charge in [-0.15, -0.1) is 0 Å². The largest absolute Gasteiger partial charge is 0.303 e. The van der Waals surface area contributed by atoms with Crippen molar-refractivity contribution in [1.29, 1.82) is 0 Å². The monoisotopic (exact) mass is 200 g/mol. The molecule has 0 fully saturated rings. The van der Waals surface area contributed by atoms with Crippen LogP contribution < -0.4 is 0 Å². The molecule has 3 heteroatoms. The summed E-state index contributed by atoms with van der Waals surface area (Å²) in [6, 6.07) is 4.37. The first-order valence-electron chi connectivity index (χ1n) is 4.03. The minimum Gasteiger partial charge on any atom is -0.303 e. The first kappa shape index (κ1) is 10.2. The van der Waals surface area contributed by atoms with Gasteiger partial charge in [-0.05, 0) is 29.7 Å². The van der Waals surface area contributed by atoms with Crippen LogP contribution in [-0.4, -0.2) is 6.29 Å². The van der Waals surface area contributed by atoms with Gasteiger partial charge in [0.1, 0.15) is 12.1 Å². The van der Waals surface area contributed by atoms with Gasteiger partial charge in [0.15, 0.2) is 0 Å². The molecule has 1 rings (SSSR count). The smallest absolute Gasteiger partial charge is 0.126 e. The molecule has 0 aromatic heterocycles. The number of carbonyl (C=O) groups is 1. The minimum atomic E-state index is -0.307. The highest BCUT2D eigenvalue weighted by Gasteiger charge is 2.10. The molecule has 0 aliphatic carbocycles. The molecule has 0 radical (unpaired) electrons. The van der Waals surface area contributed by atoms with Crippen LogP contribution in [0.4, 0.5) is 4.39 Å². The number of benzene rings is 1. The Hall–Kier alpha value is -0.890. The lowest BCUT2D eigenvalue weighted by molar-refractivity contribution is -0.108. The van der Waals surface area contributed by atoms with Gasteiger partial charge in [0, 0.05) is 11.4 Å². The fraction of sp³-hybridized carbons (Fsp3) is 0.300. The molecule has 1 aromatic rings. The number of carbonyl (C=O) groups excluding carboxylic acids is 1. The van der Waals surface area contributed by atoms with Crippen LogP contribution in [0.15, 0.2) is 18.2 Å². The summed E-state index contributed by atoms with van der Waals surface area (Å²) in [5.41, 5.74) is 0.500. The van der Waals surface area contributed by atoms with E-state index in [2.05, 4.69) is 0 Å². The van der Waals surface area contributed by atoms with E-state index in [9.17, 15) is 9.18 Å². The van der Waals surface area contributed by atoms with Gasteiger partial charge in [-0.1, -0.05) is 18.5 Å². The quantitative estimate of drug-likeness (QED) is 0.685. The van der Waals surface area contributed by atoms with Gasteiger partial charge >= 0.3 is 0 Å². The van der Waals surface area contributed by atoms with Crippen molar-refractivity contribution in [1.82, 2.24) is 0 Å². The Labute approximate surface area is 81.5 Å². The van der Waals surface area contributed by atoms with Gasteiger partial charge in [0.25, 0.3) is 0 Å². The zero-order chi connectivity index (χ0) is 9.84. The van der Waals surface area contributed by atoms with Gasteiger partial charge in [-0.25, -0.2) is 4.39 Å². The molecule has 0 bridgehead atoms. The third kappa shape index (κ3) is 2.52. The van der Waals surface area contributed by atoms with Gasteiger partial charge in [-0.3, -0.25) is 0 Å². The highest BCUT2D eigenvalue weighted by Crippen LogP contribution is 2.24. The van der Waals surface area contributed by atoms with Crippen molar-refractivity contribution in [2.75, 3.05) is 0 Å². The van der Waals surface area contributed by atoms with E-state index in [1.807, 2.05) is 0 Å². The fourth-order valence-corrected chi connectivity index (χ4v) is 1.34. The Kier molecular flexibility index (Phi) is 3.43. The Morgan fingerprint density at radius 2 is 2.31 bits per heavy atom. The summed E-state index contributed by atoms with van der Waals surface area (Å²) >= 11 is 5.71. The highest BCUT2D eigenvalue weighted by molar-refractivity contribution is 6.30. The van der Waals surface area contributed by atoms with Crippen LogP contribution in [0.5, 0.6) is 0 Å². The van der Waals surface area contributed by atoms with Crippen LogP contribution in [0.25, 0.3) is 0 Å². The van der Waals surface area contributed by atoms with Crippen LogP contribution >= 0.6 is 11.6 Å². The molecule has 0 saturated carbocycles. The molecule has 0 aliphatic rings. The molecule has 13 heavy (non-hydrogen) atoms. The number of rotatable bonds is 3. The van der Waals surface area contributed by atoms with Crippen LogP contribution in [0.3, 0.4) is 0 Å². The van der Waals surface area contributed by atoms with Crippen molar-refractivity contribution in [3.05, 3.63) is 34.6 Å². The summed E-state index contributed by atoms with van der Waals surface area (Å²) in [5, 5.41) is 0.495. The third-order valence-corrected chi connectivity index (χ3v) is 2.17. The number of aldehydes is 1. The second kappa shape index (κ2) is 4.38. The minimum absolute atomic E-state index is 0.115. The Morgan fingerprint density at radius 1 is 1.62 bits per heavy atom. The maximum atomic E-state index is 13.2. The van der Waals surface area contributed by atoms with Crippen LogP contribution in [-0.2, 0) is 4.79 Å². The van der Waals surface area contributed by atoms with Gasteiger partial charge in [0.05, 0.1) is 0 Å². The van der Waals surface area contributed by atoms with E-state index in [-0.39, 0.29) is 11.7 Å². The third-order valence-electron chi connectivity index (χ3n) is 1.94. The Morgan fingerprint density at radius 3 is 2.92 bits per heavy atom. The molecule has 1 atom stereocenters. The SMILES string of the molecule is CC(CC=O)c1cc(Cl)ccc1F. The van der Waals surface area contributed by atoms with E-state index >= 15 is 0 Å². The van der Waals surface area contributed by atoms with E-state index < -0.39 is 0 Å². The summed E-state index contributed by atoms with van der Waals surface area (Å²) in [6.07, 6.45) is 1.10. The molecule has 0 aliphatic heterocycles. The number of halogens is 2. The van der Waals surface area contributed by atoms with Crippen molar-refractivity contribution in [3.63, 3.8) is 0 Å². The second-order valence-corrected chi connectivity index (χ2v) is 3.41. The second-order valence-electron chi connectivity index (χ2n) is 2.97. The van der Waals surface area contributed by atoms with E-state index in [0.29, 0.717) is 17.0 Å². The van der Waals surface area contributed by atoms with Crippen LogP contribution in [0, 0.1) is 5.82 Å². The molecule has 0 heterocycles. The van der Waals surface area contributed by atoms with Crippen molar-refractivity contribution in [3.8, 4) is 0 Å². The van der Waals surface area contributed by atoms with Crippen molar-refractivity contribution >= 4 is 17.9 Å². The Balaban J connectivity index is 2.97. The number of hydrogen-bond donors (Lipinski definition) is 0. The summed E-state index contributed by atoms with van der Waals surface area (Å²) < 4.78 is 13.2. The first-order chi connectivity index (χ1) is 6.15. The van der Waals surface area contributed by atoms with Gasteiger partial charge < -0.3 is 4.79 Å². The summed E-state index contributed by atoms with van der Waals surface area (Å²) in [6.45, 7) is 1.79. The first-order valence-corrected chi connectivity index (χ1v) is 4.41. The molecule has 0 spiro atoms. The molecule has 0 amide bonds. The van der Waals surface area contributed by atoms with Crippen molar-refractivity contribution < 1.29 is 9.18 Å². The maximum absolute atomic E-state index is 13.2. The van der Waals surface area contributed by atoms with Gasteiger partial charge in [0.2, 0.25) is 0 Å². The predicted molar refractivity (Wildman–Crippen MR) is 50.5 cm³/mol. The highest BCUT2D eigenvalue weighted by atomic mass is 35.5. The zero-order valence-corrected chi connectivity index (χ0v) is 8.01.